The van der Waals surface area contributed by atoms with Gasteiger partial charge in [0.1, 0.15) is 24.1 Å². The molecule has 3 aromatic carbocycles. The van der Waals surface area contributed by atoms with Crippen LogP contribution in [0.1, 0.15) is 50.4 Å². The molecule has 1 aliphatic rings. The minimum absolute atomic E-state index is 0.00524. The zero-order valence-corrected chi connectivity index (χ0v) is 25.5. The smallest absolute Gasteiger partial charge is 0.338 e. The molecule has 0 radical (unpaired) electrons. The molecule has 0 N–H and O–H groups in total. The molecule has 10 nitrogen and oxygen atoms in total. The average molecular weight is 614 g/mol. The first-order valence-electron chi connectivity index (χ1n) is 14.1. The summed E-state index contributed by atoms with van der Waals surface area (Å²) >= 11 is 1.24. The maximum Gasteiger partial charge on any atom is 0.338 e. The number of benzene rings is 3. The van der Waals surface area contributed by atoms with Crippen LogP contribution in [-0.2, 0) is 16.1 Å². The van der Waals surface area contributed by atoms with E-state index in [2.05, 4.69) is 4.99 Å². The van der Waals surface area contributed by atoms with Crippen LogP contribution in [0.15, 0.2) is 93.9 Å². The van der Waals surface area contributed by atoms with E-state index in [1.807, 2.05) is 50.2 Å². The summed E-state index contributed by atoms with van der Waals surface area (Å²) in [7, 11) is 0. The molecule has 2 heterocycles. The summed E-state index contributed by atoms with van der Waals surface area (Å²) in [6, 6.07) is 20.1. The second-order valence-corrected chi connectivity index (χ2v) is 11.3. The molecule has 0 amide bonds. The molecule has 0 saturated heterocycles. The SMILES string of the molecule is CCOC(=O)C1=C(C)N=c2s/c(=C/c3ccc(OCc4cccc([N+](=O)[O-])c4)cc3)c(=O)n2[C@H]1c1ccccc1OC(C)C. The van der Waals surface area contributed by atoms with Crippen molar-refractivity contribution in [1.82, 2.24) is 4.57 Å². The lowest BCUT2D eigenvalue weighted by Crippen LogP contribution is -2.40. The fourth-order valence-corrected chi connectivity index (χ4v) is 5.94. The highest BCUT2D eigenvalue weighted by atomic mass is 32.1. The molecule has 44 heavy (non-hydrogen) atoms. The number of thiazole rings is 1. The van der Waals surface area contributed by atoms with Crippen LogP contribution in [0.5, 0.6) is 11.5 Å². The normalized spacial score (nSPS) is 14.7. The molecular weight excluding hydrogens is 582 g/mol. The summed E-state index contributed by atoms with van der Waals surface area (Å²) in [6.45, 7) is 7.66. The average Bonchev–Trinajstić information content (AvgIpc) is 3.30. The number of nitro groups is 1. The van der Waals surface area contributed by atoms with Crippen LogP contribution >= 0.6 is 11.3 Å². The van der Waals surface area contributed by atoms with Gasteiger partial charge in [-0.25, -0.2) is 9.79 Å². The molecular formula is C33H31N3O7S. The van der Waals surface area contributed by atoms with Gasteiger partial charge in [-0.05, 0) is 63.1 Å². The Labute approximate surface area is 257 Å². The van der Waals surface area contributed by atoms with Gasteiger partial charge in [0.25, 0.3) is 11.2 Å². The summed E-state index contributed by atoms with van der Waals surface area (Å²) in [5.74, 6) is 0.610. The van der Waals surface area contributed by atoms with Crippen molar-refractivity contribution >= 4 is 29.1 Å². The minimum atomic E-state index is -0.785. The third kappa shape index (κ3) is 6.47. The Kier molecular flexibility index (Phi) is 9.05. The van der Waals surface area contributed by atoms with Gasteiger partial charge >= 0.3 is 5.97 Å². The zero-order chi connectivity index (χ0) is 31.4. The number of rotatable bonds is 10. The summed E-state index contributed by atoms with van der Waals surface area (Å²) in [6.07, 6.45) is 1.65. The number of nitrogens with zero attached hydrogens (tertiary/aromatic N) is 3. The van der Waals surface area contributed by atoms with Gasteiger partial charge in [0.05, 0.1) is 33.4 Å². The Morgan fingerprint density at radius 1 is 1.11 bits per heavy atom. The number of allylic oxidation sites excluding steroid dienone is 1. The number of hydrogen-bond acceptors (Lipinski definition) is 9. The van der Waals surface area contributed by atoms with Gasteiger partial charge in [-0.1, -0.05) is 53.8 Å². The topological polar surface area (TPSA) is 122 Å². The monoisotopic (exact) mass is 613 g/mol. The summed E-state index contributed by atoms with van der Waals surface area (Å²) in [5.41, 5.74) is 2.58. The standard InChI is InChI=1S/C33H31N3O7S/c1-5-41-32(38)29-21(4)34-33-35(30(29)26-11-6-7-12-27(26)43-20(2)3)31(37)28(44-33)18-22-13-15-25(16-14-22)42-19-23-9-8-10-24(17-23)36(39)40/h6-18,20,30H,5,19H2,1-4H3/b28-18+/t30-/m0/s1. The van der Waals surface area contributed by atoms with Crippen LogP contribution in [0.3, 0.4) is 0 Å². The van der Waals surface area contributed by atoms with E-state index in [0.717, 1.165) is 5.56 Å². The second-order valence-electron chi connectivity index (χ2n) is 10.3. The van der Waals surface area contributed by atoms with E-state index in [1.165, 1.54) is 28.0 Å². The molecule has 5 rings (SSSR count). The summed E-state index contributed by atoms with van der Waals surface area (Å²) in [4.78, 5) is 42.9. The van der Waals surface area contributed by atoms with Gasteiger partial charge in [0, 0.05) is 17.7 Å². The lowest BCUT2D eigenvalue weighted by atomic mass is 9.95. The number of esters is 1. The molecule has 1 aromatic heterocycles. The van der Waals surface area contributed by atoms with Crippen LogP contribution in [-0.4, -0.2) is 28.2 Å². The zero-order valence-electron chi connectivity index (χ0n) is 24.7. The maximum atomic E-state index is 14.0. The van der Waals surface area contributed by atoms with Crippen molar-refractivity contribution in [1.29, 1.82) is 0 Å². The largest absolute Gasteiger partial charge is 0.491 e. The van der Waals surface area contributed by atoms with Crippen LogP contribution < -0.4 is 24.4 Å². The third-order valence-corrected chi connectivity index (χ3v) is 7.78. The molecule has 226 valence electrons. The van der Waals surface area contributed by atoms with E-state index in [1.54, 1.807) is 44.2 Å². The van der Waals surface area contributed by atoms with Gasteiger partial charge in [-0.15, -0.1) is 0 Å². The molecule has 0 unspecified atom stereocenters. The lowest BCUT2D eigenvalue weighted by Gasteiger charge is -2.26. The fourth-order valence-electron chi connectivity index (χ4n) is 4.89. The summed E-state index contributed by atoms with van der Waals surface area (Å²) in [5, 5.41) is 11.0. The Morgan fingerprint density at radius 2 is 1.86 bits per heavy atom. The van der Waals surface area contributed by atoms with Gasteiger partial charge < -0.3 is 14.2 Å². The third-order valence-electron chi connectivity index (χ3n) is 6.80. The first-order valence-corrected chi connectivity index (χ1v) is 14.9. The highest BCUT2D eigenvalue weighted by Crippen LogP contribution is 2.36. The number of aromatic nitrogens is 1. The Morgan fingerprint density at radius 3 is 2.57 bits per heavy atom. The fraction of sp³-hybridized carbons (Fsp3) is 0.242. The molecule has 1 atom stereocenters. The van der Waals surface area contributed by atoms with Crippen molar-refractivity contribution in [3.8, 4) is 11.5 Å². The molecule has 0 spiro atoms. The first-order chi connectivity index (χ1) is 21.2. The quantitative estimate of drug-likeness (QED) is 0.139. The lowest BCUT2D eigenvalue weighted by molar-refractivity contribution is -0.384. The van der Waals surface area contributed by atoms with E-state index in [0.29, 0.717) is 37.7 Å². The Bertz CT molecular complexity index is 1920. The van der Waals surface area contributed by atoms with Crippen molar-refractivity contribution in [2.75, 3.05) is 6.61 Å². The minimum Gasteiger partial charge on any atom is -0.491 e. The van der Waals surface area contributed by atoms with Crippen molar-refractivity contribution < 1.29 is 23.9 Å². The molecule has 0 aliphatic carbocycles. The first kappa shape index (κ1) is 30.4. The summed E-state index contributed by atoms with van der Waals surface area (Å²) < 4.78 is 19.3. The molecule has 0 fully saturated rings. The highest BCUT2D eigenvalue weighted by Gasteiger charge is 2.35. The number of ether oxygens (including phenoxy) is 3. The van der Waals surface area contributed by atoms with Crippen LogP contribution in [0.4, 0.5) is 5.69 Å². The van der Waals surface area contributed by atoms with Gasteiger partial charge in [0.15, 0.2) is 4.80 Å². The van der Waals surface area contributed by atoms with Crippen molar-refractivity contribution in [2.24, 2.45) is 4.99 Å². The Hall–Kier alpha value is -5.03. The molecule has 0 bridgehead atoms. The van der Waals surface area contributed by atoms with Crippen molar-refractivity contribution in [2.45, 2.75) is 46.4 Å². The van der Waals surface area contributed by atoms with E-state index in [-0.39, 0.29) is 36.1 Å². The van der Waals surface area contributed by atoms with Crippen molar-refractivity contribution in [3.05, 3.63) is 131 Å². The van der Waals surface area contributed by atoms with E-state index in [4.69, 9.17) is 14.2 Å². The predicted octanol–water partition coefficient (Wildman–Crippen LogP) is 5.07. The van der Waals surface area contributed by atoms with Gasteiger partial charge in [-0.2, -0.15) is 0 Å². The van der Waals surface area contributed by atoms with Gasteiger partial charge in [0.2, 0.25) is 0 Å². The number of hydrogen-bond donors (Lipinski definition) is 0. The molecule has 0 saturated carbocycles. The predicted molar refractivity (Wildman–Crippen MR) is 166 cm³/mol. The number of nitro benzene ring substituents is 1. The molecule has 1 aliphatic heterocycles. The highest BCUT2D eigenvalue weighted by molar-refractivity contribution is 7.07. The van der Waals surface area contributed by atoms with Gasteiger partial charge in [-0.3, -0.25) is 19.5 Å². The van der Waals surface area contributed by atoms with Crippen LogP contribution in [0, 0.1) is 10.1 Å². The van der Waals surface area contributed by atoms with Crippen molar-refractivity contribution in [3.63, 3.8) is 0 Å². The van der Waals surface area contributed by atoms with E-state index >= 15 is 0 Å². The number of non-ortho nitro benzene ring substituents is 1. The molecule has 4 aromatic rings. The Balaban J connectivity index is 1.50. The van der Waals surface area contributed by atoms with Crippen LogP contribution in [0.2, 0.25) is 0 Å². The number of para-hydroxylation sites is 1. The number of fused-ring (bicyclic) bond motifs is 1. The number of carbonyl (C=O) groups is 1. The maximum absolute atomic E-state index is 14.0. The van der Waals surface area contributed by atoms with E-state index < -0.39 is 16.9 Å². The molecule has 11 heteroatoms. The van der Waals surface area contributed by atoms with E-state index in [9.17, 15) is 19.7 Å². The second kappa shape index (κ2) is 13.1. The number of carbonyl (C=O) groups excluding carboxylic acids is 1. The van der Waals surface area contributed by atoms with Crippen LogP contribution in [0.25, 0.3) is 6.08 Å².